The predicted molar refractivity (Wildman–Crippen MR) is 68.5 cm³/mol. The lowest BCUT2D eigenvalue weighted by Gasteiger charge is -2.36. The minimum atomic E-state index is 0.351. The van der Waals surface area contributed by atoms with Gasteiger partial charge in [-0.25, -0.2) is 0 Å². The van der Waals surface area contributed by atoms with Crippen LogP contribution in [0.2, 0.25) is 0 Å². The van der Waals surface area contributed by atoms with E-state index in [9.17, 15) is 4.79 Å². The molecule has 0 spiro atoms. The van der Waals surface area contributed by atoms with Crippen molar-refractivity contribution in [2.45, 2.75) is 64.8 Å². The molecule has 0 saturated heterocycles. The lowest BCUT2D eigenvalue weighted by molar-refractivity contribution is -0.126. The number of carbonyl (C=O) groups excluding carboxylic acids is 1. The van der Waals surface area contributed by atoms with E-state index in [-0.39, 0.29) is 0 Å². The molecule has 3 fully saturated rings. The first kappa shape index (κ1) is 11.6. The molecule has 0 aromatic rings. The molecule has 17 heavy (non-hydrogen) atoms. The first-order valence-corrected chi connectivity index (χ1v) is 7.34. The van der Waals surface area contributed by atoms with Gasteiger partial charge in [0.2, 0.25) is 5.91 Å². The third-order valence-electron chi connectivity index (χ3n) is 5.17. The Morgan fingerprint density at radius 2 is 1.88 bits per heavy atom. The summed E-state index contributed by atoms with van der Waals surface area (Å²) < 4.78 is 0. The van der Waals surface area contributed by atoms with E-state index in [1.165, 1.54) is 38.5 Å². The maximum Gasteiger partial charge on any atom is 0.223 e. The summed E-state index contributed by atoms with van der Waals surface area (Å²) in [4.78, 5) is 12.2. The van der Waals surface area contributed by atoms with Crippen molar-refractivity contribution in [1.29, 1.82) is 0 Å². The van der Waals surface area contributed by atoms with Crippen LogP contribution in [0.1, 0.15) is 58.8 Å². The molecule has 1 N–H and O–H groups in total. The van der Waals surface area contributed by atoms with Crippen LogP contribution < -0.4 is 5.32 Å². The Balaban J connectivity index is 1.50. The van der Waals surface area contributed by atoms with Crippen molar-refractivity contribution in [3.05, 3.63) is 0 Å². The van der Waals surface area contributed by atoms with Crippen molar-refractivity contribution < 1.29 is 4.79 Å². The maximum atomic E-state index is 12.2. The first-order valence-electron chi connectivity index (χ1n) is 7.34. The van der Waals surface area contributed by atoms with Crippen molar-refractivity contribution in [2.75, 3.05) is 0 Å². The summed E-state index contributed by atoms with van der Waals surface area (Å²) in [6.45, 7) is 4.66. The summed E-state index contributed by atoms with van der Waals surface area (Å²) in [6.07, 6.45) is 8.69. The smallest absolute Gasteiger partial charge is 0.223 e. The van der Waals surface area contributed by atoms with Gasteiger partial charge in [0.05, 0.1) is 0 Å². The lowest BCUT2D eigenvalue weighted by Crippen LogP contribution is -2.43. The highest BCUT2D eigenvalue weighted by molar-refractivity contribution is 5.79. The molecule has 3 rings (SSSR count). The van der Waals surface area contributed by atoms with Gasteiger partial charge in [-0.1, -0.05) is 20.3 Å². The van der Waals surface area contributed by atoms with Crippen molar-refractivity contribution in [3.63, 3.8) is 0 Å². The van der Waals surface area contributed by atoms with Crippen LogP contribution in [-0.2, 0) is 4.79 Å². The fraction of sp³-hybridized carbons (Fsp3) is 0.933. The van der Waals surface area contributed by atoms with Crippen LogP contribution in [0.15, 0.2) is 0 Å². The minimum Gasteiger partial charge on any atom is -0.353 e. The minimum absolute atomic E-state index is 0.351. The van der Waals surface area contributed by atoms with Crippen LogP contribution in [-0.4, -0.2) is 11.9 Å². The molecule has 3 saturated carbocycles. The van der Waals surface area contributed by atoms with E-state index in [2.05, 4.69) is 19.2 Å². The molecule has 0 heterocycles. The normalized spacial score (nSPS) is 42.9. The molecular weight excluding hydrogens is 210 g/mol. The van der Waals surface area contributed by atoms with Crippen molar-refractivity contribution in [1.82, 2.24) is 5.32 Å². The molecule has 0 aromatic carbocycles. The second kappa shape index (κ2) is 4.00. The summed E-state index contributed by atoms with van der Waals surface area (Å²) >= 11 is 0. The molecule has 3 unspecified atom stereocenters. The zero-order chi connectivity index (χ0) is 12.0. The van der Waals surface area contributed by atoms with Crippen LogP contribution in [0.25, 0.3) is 0 Å². The summed E-state index contributed by atoms with van der Waals surface area (Å²) in [7, 11) is 0. The summed E-state index contributed by atoms with van der Waals surface area (Å²) in [5, 5.41) is 3.32. The van der Waals surface area contributed by atoms with Gasteiger partial charge in [-0.05, 0) is 55.8 Å². The van der Waals surface area contributed by atoms with Gasteiger partial charge in [0.1, 0.15) is 0 Å². The fourth-order valence-electron chi connectivity index (χ4n) is 4.07. The van der Waals surface area contributed by atoms with Crippen molar-refractivity contribution >= 4 is 5.91 Å². The molecule has 0 aliphatic heterocycles. The van der Waals surface area contributed by atoms with Gasteiger partial charge in [0, 0.05) is 12.0 Å². The third-order valence-corrected chi connectivity index (χ3v) is 5.17. The molecule has 0 radical (unpaired) electrons. The van der Waals surface area contributed by atoms with Crippen LogP contribution in [0.5, 0.6) is 0 Å². The van der Waals surface area contributed by atoms with Gasteiger partial charge in [0.25, 0.3) is 0 Å². The standard InChI is InChI=1S/C15H25NO/c1-15(2)5-3-4-13(9-15)16-14(17)12-7-10-6-11(10)8-12/h10-13H,3-9H2,1-2H3,(H,16,17). The van der Waals surface area contributed by atoms with E-state index in [0.717, 1.165) is 18.3 Å². The number of hydrogen-bond donors (Lipinski definition) is 1. The molecule has 1 amide bonds. The van der Waals surface area contributed by atoms with E-state index >= 15 is 0 Å². The van der Waals surface area contributed by atoms with E-state index in [0.29, 0.717) is 23.3 Å². The quantitative estimate of drug-likeness (QED) is 0.783. The Morgan fingerprint density at radius 1 is 1.18 bits per heavy atom. The first-order chi connectivity index (χ1) is 8.03. The van der Waals surface area contributed by atoms with Gasteiger partial charge in [-0.3, -0.25) is 4.79 Å². The molecule has 96 valence electrons. The lowest BCUT2D eigenvalue weighted by atomic mass is 9.75. The highest BCUT2D eigenvalue weighted by Gasteiger charge is 2.48. The van der Waals surface area contributed by atoms with Gasteiger partial charge < -0.3 is 5.32 Å². The fourth-order valence-corrected chi connectivity index (χ4v) is 4.07. The second-order valence-electron chi connectivity index (χ2n) is 7.39. The topological polar surface area (TPSA) is 29.1 Å². The van der Waals surface area contributed by atoms with E-state index < -0.39 is 0 Å². The second-order valence-corrected chi connectivity index (χ2v) is 7.39. The van der Waals surface area contributed by atoms with Crippen LogP contribution in [0, 0.1) is 23.2 Å². The average molecular weight is 235 g/mol. The molecule has 2 nitrogen and oxygen atoms in total. The Morgan fingerprint density at radius 3 is 2.53 bits per heavy atom. The van der Waals surface area contributed by atoms with Gasteiger partial charge in [-0.15, -0.1) is 0 Å². The molecule has 2 heteroatoms. The van der Waals surface area contributed by atoms with Crippen LogP contribution in [0.3, 0.4) is 0 Å². The van der Waals surface area contributed by atoms with E-state index in [1.807, 2.05) is 0 Å². The third kappa shape index (κ3) is 2.51. The SMILES string of the molecule is CC1(C)CCCC(NC(=O)C2CC3CC3C2)C1. The molecule has 0 aromatic heterocycles. The highest BCUT2D eigenvalue weighted by Crippen LogP contribution is 2.54. The Hall–Kier alpha value is -0.530. The van der Waals surface area contributed by atoms with Crippen molar-refractivity contribution in [3.8, 4) is 0 Å². The molecule has 3 atom stereocenters. The van der Waals surface area contributed by atoms with Crippen LogP contribution >= 0.6 is 0 Å². The van der Waals surface area contributed by atoms with Crippen LogP contribution in [0.4, 0.5) is 0 Å². The average Bonchev–Trinajstić information content (AvgIpc) is 2.84. The molecule has 3 aliphatic rings. The zero-order valence-corrected chi connectivity index (χ0v) is 11.2. The highest BCUT2D eigenvalue weighted by atomic mass is 16.1. The Bertz CT molecular complexity index is 313. The van der Waals surface area contributed by atoms with Crippen molar-refractivity contribution in [2.24, 2.45) is 23.2 Å². The zero-order valence-electron chi connectivity index (χ0n) is 11.2. The Kier molecular flexibility index (Phi) is 2.72. The van der Waals surface area contributed by atoms with E-state index in [1.54, 1.807) is 0 Å². The number of hydrogen-bond acceptors (Lipinski definition) is 1. The van der Waals surface area contributed by atoms with Gasteiger partial charge in [0.15, 0.2) is 0 Å². The van der Waals surface area contributed by atoms with Gasteiger partial charge >= 0.3 is 0 Å². The molecule has 3 aliphatic carbocycles. The molecular formula is C15H25NO. The summed E-state index contributed by atoms with van der Waals surface area (Å²) in [6, 6.07) is 0.447. The number of nitrogens with one attached hydrogen (secondary N) is 1. The molecule has 0 bridgehead atoms. The van der Waals surface area contributed by atoms with Gasteiger partial charge in [-0.2, -0.15) is 0 Å². The predicted octanol–water partition coefficient (Wildman–Crippen LogP) is 3.12. The monoisotopic (exact) mass is 235 g/mol. The number of fused-ring (bicyclic) bond motifs is 1. The van der Waals surface area contributed by atoms with E-state index in [4.69, 9.17) is 0 Å². The summed E-state index contributed by atoms with van der Waals surface area (Å²) in [5.41, 5.74) is 0.425. The summed E-state index contributed by atoms with van der Waals surface area (Å²) in [5.74, 6) is 2.53. The number of carbonyl (C=O) groups is 1. The number of amides is 1. The maximum absolute atomic E-state index is 12.2. The Labute approximate surface area is 105 Å². The number of rotatable bonds is 2. The largest absolute Gasteiger partial charge is 0.353 e.